The average Bonchev–Trinajstić information content (AvgIpc) is 2.28. The molecule has 1 rings (SSSR count). The molecule has 0 aliphatic heterocycles. The van der Waals surface area contributed by atoms with E-state index in [2.05, 4.69) is 21.2 Å². The Hall–Kier alpha value is -0.880. The Morgan fingerprint density at radius 2 is 2.24 bits per heavy atom. The predicted molar refractivity (Wildman–Crippen MR) is 71.7 cm³/mol. The van der Waals surface area contributed by atoms with Crippen LogP contribution in [0.5, 0.6) is 5.75 Å². The number of carbonyl (C=O) groups excluding carboxylic acids is 1. The first-order valence-electron chi connectivity index (χ1n) is 5.16. The van der Waals surface area contributed by atoms with Crippen LogP contribution in [0.4, 0.5) is 0 Å². The van der Waals surface area contributed by atoms with Gasteiger partial charge in [-0.1, -0.05) is 22.9 Å². The normalized spacial score (nSPS) is 12.1. The van der Waals surface area contributed by atoms with Gasteiger partial charge >= 0.3 is 0 Å². The van der Waals surface area contributed by atoms with Gasteiger partial charge in [-0.25, -0.2) is 0 Å². The summed E-state index contributed by atoms with van der Waals surface area (Å²) in [5.41, 5.74) is 0.218. The number of amides is 1. The van der Waals surface area contributed by atoms with E-state index in [1.54, 1.807) is 6.07 Å². The van der Waals surface area contributed by atoms with Gasteiger partial charge in [-0.2, -0.15) is 0 Å². The van der Waals surface area contributed by atoms with Crippen molar-refractivity contribution in [3.05, 3.63) is 28.2 Å². The lowest BCUT2D eigenvalue weighted by molar-refractivity contribution is 0.0953. The van der Waals surface area contributed by atoms with Crippen LogP contribution in [0.2, 0.25) is 0 Å². The molecule has 4 nitrogen and oxygen atoms in total. The highest BCUT2D eigenvalue weighted by atomic mass is 79.9. The topological polar surface area (TPSA) is 66.4 Å². The van der Waals surface area contributed by atoms with Crippen LogP contribution in [-0.4, -0.2) is 33.3 Å². The molecule has 0 saturated carbocycles. The molecule has 1 amide bonds. The molecule has 0 aliphatic carbocycles. The van der Waals surface area contributed by atoms with Crippen molar-refractivity contribution in [1.29, 1.82) is 0 Å². The minimum absolute atomic E-state index is 0.0755. The Balaban J connectivity index is 2.55. The Kier molecular flexibility index (Phi) is 5.64. The molecule has 0 bridgehead atoms. The molecule has 1 aromatic carbocycles. The first-order valence-corrected chi connectivity index (χ1v) is 7.44. The average molecular weight is 320 g/mol. The highest BCUT2D eigenvalue weighted by Gasteiger charge is 2.10. The lowest BCUT2D eigenvalue weighted by Gasteiger charge is -2.06. The number of rotatable bonds is 5. The predicted octanol–water partition coefficient (Wildman–Crippen LogP) is 1.65. The van der Waals surface area contributed by atoms with Crippen molar-refractivity contribution in [2.75, 3.05) is 18.1 Å². The zero-order valence-electron chi connectivity index (χ0n) is 9.40. The summed E-state index contributed by atoms with van der Waals surface area (Å²) < 4.78 is 11.9. The number of aromatic hydroxyl groups is 1. The summed E-state index contributed by atoms with van der Waals surface area (Å²) in [6, 6.07) is 4.67. The zero-order chi connectivity index (χ0) is 12.8. The van der Waals surface area contributed by atoms with Crippen molar-refractivity contribution in [3.63, 3.8) is 0 Å². The van der Waals surface area contributed by atoms with Gasteiger partial charge in [0.15, 0.2) is 0 Å². The van der Waals surface area contributed by atoms with Gasteiger partial charge in [0.25, 0.3) is 5.91 Å². The number of hydrogen-bond acceptors (Lipinski definition) is 3. The highest BCUT2D eigenvalue weighted by Crippen LogP contribution is 2.21. The zero-order valence-corrected chi connectivity index (χ0v) is 11.8. The third-order valence-electron chi connectivity index (χ3n) is 2.14. The summed E-state index contributed by atoms with van der Waals surface area (Å²) in [5, 5.41) is 12.2. The Labute approximate surface area is 111 Å². The molecule has 1 unspecified atom stereocenters. The van der Waals surface area contributed by atoms with E-state index in [4.69, 9.17) is 0 Å². The molecule has 6 heteroatoms. The van der Waals surface area contributed by atoms with Gasteiger partial charge in [-0.05, 0) is 18.2 Å². The van der Waals surface area contributed by atoms with Crippen LogP contribution >= 0.6 is 15.9 Å². The fourth-order valence-electron chi connectivity index (χ4n) is 1.21. The molecule has 0 saturated heterocycles. The summed E-state index contributed by atoms with van der Waals surface area (Å²) >= 11 is 3.19. The first-order chi connectivity index (χ1) is 8.04. The van der Waals surface area contributed by atoms with Gasteiger partial charge < -0.3 is 10.4 Å². The third-order valence-corrected chi connectivity index (χ3v) is 3.94. The summed E-state index contributed by atoms with van der Waals surface area (Å²) in [6.07, 6.45) is 0. The SMILES string of the molecule is CCS(=O)CCNC(=O)c1ccc(Br)cc1O. The number of carbonyl (C=O) groups is 1. The van der Waals surface area contributed by atoms with E-state index in [0.717, 1.165) is 0 Å². The Morgan fingerprint density at radius 3 is 2.82 bits per heavy atom. The number of phenolic OH excluding ortho intramolecular Hbond substituents is 1. The Morgan fingerprint density at radius 1 is 1.53 bits per heavy atom. The summed E-state index contributed by atoms with van der Waals surface area (Å²) in [7, 11) is -0.894. The van der Waals surface area contributed by atoms with Gasteiger partial charge in [-0.3, -0.25) is 9.00 Å². The number of phenols is 1. The molecule has 2 N–H and O–H groups in total. The lowest BCUT2D eigenvalue weighted by atomic mass is 10.2. The van der Waals surface area contributed by atoms with Crippen LogP contribution in [0.25, 0.3) is 0 Å². The maximum absolute atomic E-state index is 11.7. The summed E-state index contributed by atoms with van der Waals surface area (Å²) in [4.78, 5) is 11.7. The fraction of sp³-hybridized carbons (Fsp3) is 0.364. The number of hydrogen-bond donors (Lipinski definition) is 2. The van der Waals surface area contributed by atoms with Crippen molar-refractivity contribution in [2.24, 2.45) is 0 Å². The van der Waals surface area contributed by atoms with Crippen LogP contribution in [0, 0.1) is 0 Å². The van der Waals surface area contributed by atoms with Crippen molar-refractivity contribution in [2.45, 2.75) is 6.92 Å². The van der Waals surface area contributed by atoms with Crippen LogP contribution < -0.4 is 5.32 Å². The molecule has 1 atom stereocenters. The third kappa shape index (κ3) is 4.47. The highest BCUT2D eigenvalue weighted by molar-refractivity contribution is 9.10. The maximum Gasteiger partial charge on any atom is 0.255 e. The summed E-state index contributed by atoms with van der Waals surface area (Å²) in [6.45, 7) is 2.17. The molecule has 94 valence electrons. The van der Waals surface area contributed by atoms with Gasteiger partial charge in [0.2, 0.25) is 0 Å². The second-order valence-electron chi connectivity index (χ2n) is 3.35. The molecular formula is C11H14BrNO3S. The second kappa shape index (κ2) is 6.76. The van der Waals surface area contributed by atoms with Crippen molar-refractivity contribution in [3.8, 4) is 5.75 Å². The molecule has 0 heterocycles. The molecule has 0 fully saturated rings. The first kappa shape index (κ1) is 14.2. The second-order valence-corrected chi connectivity index (χ2v) is 6.13. The van der Waals surface area contributed by atoms with E-state index < -0.39 is 10.8 Å². The largest absolute Gasteiger partial charge is 0.507 e. The smallest absolute Gasteiger partial charge is 0.255 e. The van der Waals surface area contributed by atoms with E-state index in [1.165, 1.54) is 12.1 Å². The lowest BCUT2D eigenvalue weighted by Crippen LogP contribution is -2.28. The number of halogens is 1. The van der Waals surface area contributed by atoms with Crippen molar-refractivity contribution >= 4 is 32.6 Å². The fourth-order valence-corrected chi connectivity index (χ4v) is 2.18. The van der Waals surface area contributed by atoms with E-state index in [0.29, 0.717) is 22.5 Å². The van der Waals surface area contributed by atoms with E-state index in [-0.39, 0.29) is 17.2 Å². The van der Waals surface area contributed by atoms with E-state index in [1.807, 2.05) is 6.92 Å². The quantitative estimate of drug-likeness (QED) is 0.867. The van der Waals surface area contributed by atoms with Gasteiger partial charge in [0.05, 0.1) is 5.56 Å². The van der Waals surface area contributed by atoms with Crippen molar-refractivity contribution in [1.82, 2.24) is 5.32 Å². The van der Waals surface area contributed by atoms with Gasteiger partial charge in [0, 0.05) is 33.3 Å². The summed E-state index contributed by atoms with van der Waals surface area (Å²) in [5.74, 6) is 0.579. The van der Waals surface area contributed by atoms with Crippen LogP contribution in [-0.2, 0) is 10.8 Å². The minimum atomic E-state index is -0.894. The van der Waals surface area contributed by atoms with Crippen LogP contribution in [0.1, 0.15) is 17.3 Å². The molecule has 17 heavy (non-hydrogen) atoms. The van der Waals surface area contributed by atoms with Crippen LogP contribution in [0.15, 0.2) is 22.7 Å². The number of nitrogens with one attached hydrogen (secondary N) is 1. The Bertz CT molecular complexity index is 437. The molecular weight excluding hydrogens is 306 g/mol. The molecule has 0 radical (unpaired) electrons. The standard InChI is InChI=1S/C11H14BrNO3S/c1-2-17(16)6-5-13-11(15)9-4-3-8(12)7-10(9)14/h3-4,7,14H,2,5-6H2,1H3,(H,13,15). The van der Waals surface area contributed by atoms with Gasteiger partial charge in [0.1, 0.15) is 5.75 Å². The molecule has 0 aliphatic rings. The molecule has 1 aromatic rings. The van der Waals surface area contributed by atoms with Crippen LogP contribution in [0.3, 0.4) is 0 Å². The molecule has 0 aromatic heterocycles. The van der Waals surface area contributed by atoms with E-state index in [9.17, 15) is 14.1 Å². The monoisotopic (exact) mass is 319 g/mol. The number of benzene rings is 1. The minimum Gasteiger partial charge on any atom is -0.507 e. The molecule has 0 spiro atoms. The maximum atomic E-state index is 11.7. The van der Waals surface area contributed by atoms with Gasteiger partial charge in [-0.15, -0.1) is 0 Å². The van der Waals surface area contributed by atoms with E-state index >= 15 is 0 Å². The van der Waals surface area contributed by atoms with Crippen molar-refractivity contribution < 1.29 is 14.1 Å².